The minimum absolute atomic E-state index is 0.329. The quantitative estimate of drug-likeness (QED) is 0.304. The van der Waals surface area contributed by atoms with Gasteiger partial charge in [0.1, 0.15) is 28.6 Å². The fraction of sp³-hybridized carbons (Fsp3) is 0.0833. The summed E-state index contributed by atoms with van der Waals surface area (Å²) in [6.07, 6.45) is 4.55. The van der Waals surface area contributed by atoms with Crippen LogP contribution in [0.2, 0.25) is 5.02 Å². The van der Waals surface area contributed by atoms with Crippen LogP contribution in [0.25, 0.3) is 32.9 Å². The Balaban J connectivity index is 1.32. The molecule has 0 fully saturated rings. The zero-order valence-corrected chi connectivity index (χ0v) is 19.7. The highest BCUT2D eigenvalue weighted by Crippen LogP contribution is 2.33. The number of hydrogen-bond acceptors (Lipinski definition) is 7. The van der Waals surface area contributed by atoms with Crippen molar-refractivity contribution in [1.29, 1.82) is 0 Å². The zero-order chi connectivity index (χ0) is 23.7. The number of halogens is 1. The molecular weight excluding hydrogens is 474 g/mol. The molecule has 0 bridgehead atoms. The Morgan fingerprint density at radius 3 is 2.82 bits per heavy atom. The Labute approximate surface area is 203 Å². The zero-order valence-electron chi connectivity index (χ0n) is 18.2. The molecule has 10 heteroatoms. The predicted octanol–water partition coefficient (Wildman–Crippen LogP) is 5.74. The van der Waals surface area contributed by atoms with Crippen LogP contribution in [0.3, 0.4) is 0 Å². The van der Waals surface area contributed by atoms with Crippen LogP contribution in [0.4, 0.5) is 5.69 Å². The van der Waals surface area contributed by atoms with Gasteiger partial charge in [-0.2, -0.15) is 9.61 Å². The molecule has 0 unspecified atom stereocenters. The van der Waals surface area contributed by atoms with Crippen LogP contribution in [0.15, 0.2) is 65.4 Å². The molecule has 5 rings (SSSR count). The summed E-state index contributed by atoms with van der Waals surface area (Å²) in [6, 6.07) is 14.8. The van der Waals surface area contributed by atoms with Crippen molar-refractivity contribution in [2.45, 2.75) is 6.92 Å². The molecule has 34 heavy (non-hydrogen) atoms. The van der Waals surface area contributed by atoms with Gasteiger partial charge in [0.05, 0.1) is 12.8 Å². The Morgan fingerprint density at radius 1 is 1.18 bits per heavy atom. The molecule has 5 aromatic rings. The summed E-state index contributed by atoms with van der Waals surface area (Å²) in [5.74, 6) is 1.42. The minimum Gasteiger partial charge on any atom is -0.495 e. The van der Waals surface area contributed by atoms with Crippen LogP contribution in [-0.2, 0) is 4.79 Å². The molecule has 0 radical (unpaired) electrons. The summed E-state index contributed by atoms with van der Waals surface area (Å²) < 4.78 is 12.8. The predicted molar refractivity (Wildman–Crippen MR) is 132 cm³/mol. The van der Waals surface area contributed by atoms with Crippen LogP contribution in [0.5, 0.6) is 5.75 Å². The van der Waals surface area contributed by atoms with Crippen molar-refractivity contribution in [2.75, 3.05) is 12.4 Å². The van der Waals surface area contributed by atoms with E-state index < -0.39 is 0 Å². The van der Waals surface area contributed by atoms with E-state index in [1.165, 1.54) is 17.4 Å². The fourth-order valence-electron chi connectivity index (χ4n) is 3.29. The lowest BCUT2D eigenvalue weighted by atomic mass is 10.1. The van der Waals surface area contributed by atoms with Gasteiger partial charge in [0.15, 0.2) is 0 Å². The number of carbonyl (C=O) groups excluding carboxylic acids is 1. The monoisotopic (exact) mass is 491 g/mol. The SMILES string of the molecule is COc1ccc(-c2nn3cnnc3s2)cc1NC(=O)/C=C/c1ccc(-c2ccc(C)c(Cl)c2)o1. The van der Waals surface area contributed by atoms with Gasteiger partial charge in [0.25, 0.3) is 0 Å². The van der Waals surface area contributed by atoms with Crippen LogP contribution < -0.4 is 10.1 Å². The second-order valence-corrected chi connectivity index (χ2v) is 8.73. The highest BCUT2D eigenvalue weighted by atomic mass is 35.5. The molecule has 0 aliphatic rings. The maximum Gasteiger partial charge on any atom is 0.248 e. The molecule has 0 saturated heterocycles. The summed E-state index contributed by atoms with van der Waals surface area (Å²) in [7, 11) is 1.55. The van der Waals surface area contributed by atoms with Gasteiger partial charge in [-0.25, -0.2) is 0 Å². The standard InChI is InChI=1S/C24H18ClN5O3S/c1-14-3-4-15(11-18(14)25)20-9-6-17(33-20)7-10-22(31)27-19-12-16(5-8-21(19)32-2)23-29-30-13-26-28-24(30)34-23/h3-13H,1-2H3,(H,27,31)/b10-7+. The van der Waals surface area contributed by atoms with E-state index in [1.807, 2.05) is 43.3 Å². The van der Waals surface area contributed by atoms with E-state index in [0.717, 1.165) is 21.7 Å². The number of nitrogens with zero attached hydrogens (tertiary/aromatic N) is 4. The first-order chi connectivity index (χ1) is 16.5. The Morgan fingerprint density at radius 2 is 2.03 bits per heavy atom. The number of amides is 1. The average molecular weight is 492 g/mol. The third kappa shape index (κ3) is 4.43. The van der Waals surface area contributed by atoms with Gasteiger partial charge in [0.2, 0.25) is 10.9 Å². The summed E-state index contributed by atoms with van der Waals surface area (Å²) >= 11 is 7.61. The van der Waals surface area contributed by atoms with E-state index in [-0.39, 0.29) is 5.91 Å². The van der Waals surface area contributed by atoms with Crippen molar-refractivity contribution in [3.05, 3.63) is 77.3 Å². The number of fused-ring (bicyclic) bond motifs is 1. The number of carbonyl (C=O) groups is 1. The largest absolute Gasteiger partial charge is 0.495 e. The number of anilines is 1. The third-order valence-corrected chi connectivity index (χ3v) is 6.44. The molecule has 170 valence electrons. The number of rotatable bonds is 6. The first-order valence-electron chi connectivity index (χ1n) is 10.2. The van der Waals surface area contributed by atoms with Crippen molar-refractivity contribution in [3.8, 4) is 27.6 Å². The van der Waals surface area contributed by atoms with Crippen LogP contribution in [0.1, 0.15) is 11.3 Å². The van der Waals surface area contributed by atoms with E-state index in [2.05, 4.69) is 20.6 Å². The minimum atomic E-state index is -0.329. The molecule has 3 heterocycles. The average Bonchev–Trinajstić information content (AvgIpc) is 3.56. The van der Waals surface area contributed by atoms with Crippen molar-refractivity contribution in [3.63, 3.8) is 0 Å². The van der Waals surface area contributed by atoms with E-state index in [1.54, 1.807) is 36.2 Å². The Hall–Kier alpha value is -3.95. The molecule has 3 aromatic heterocycles. The lowest BCUT2D eigenvalue weighted by molar-refractivity contribution is -0.111. The summed E-state index contributed by atoms with van der Waals surface area (Å²) in [5.41, 5.74) is 3.21. The van der Waals surface area contributed by atoms with Crippen LogP contribution in [0, 0.1) is 6.92 Å². The van der Waals surface area contributed by atoms with Crippen LogP contribution >= 0.6 is 22.9 Å². The molecule has 1 amide bonds. The summed E-state index contributed by atoms with van der Waals surface area (Å²) in [6.45, 7) is 1.94. The van der Waals surface area contributed by atoms with Crippen molar-refractivity contribution >= 4 is 45.6 Å². The van der Waals surface area contributed by atoms with Gasteiger partial charge in [0, 0.05) is 22.2 Å². The van der Waals surface area contributed by atoms with Crippen molar-refractivity contribution < 1.29 is 13.9 Å². The topological polar surface area (TPSA) is 94.5 Å². The van der Waals surface area contributed by atoms with Crippen molar-refractivity contribution in [2.24, 2.45) is 0 Å². The lowest BCUT2D eigenvalue weighted by Gasteiger charge is -2.10. The summed E-state index contributed by atoms with van der Waals surface area (Å²) in [5, 5.41) is 16.5. The second kappa shape index (κ2) is 9.12. The van der Waals surface area contributed by atoms with E-state index in [0.29, 0.717) is 32.9 Å². The number of hydrogen-bond donors (Lipinski definition) is 1. The number of ether oxygens (including phenoxy) is 1. The second-order valence-electron chi connectivity index (χ2n) is 7.37. The number of methoxy groups -OCH3 is 1. The fourth-order valence-corrected chi connectivity index (χ4v) is 4.29. The Bertz CT molecular complexity index is 1510. The molecule has 0 aliphatic heterocycles. The van der Waals surface area contributed by atoms with E-state index in [9.17, 15) is 4.79 Å². The molecule has 2 aromatic carbocycles. The van der Waals surface area contributed by atoms with Gasteiger partial charge >= 0.3 is 0 Å². The van der Waals surface area contributed by atoms with E-state index in [4.69, 9.17) is 20.8 Å². The molecule has 8 nitrogen and oxygen atoms in total. The number of furan rings is 1. The summed E-state index contributed by atoms with van der Waals surface area (Å²) in [4.78, 5) is 13.3. The maximum atomic E-state index is 12.6. The highest BCUT2D eigenvalue weighted by molar-refractivity contribution is 7.19. The smallest absolute Gasteiger partial charge is 0.248 e. The number of aromatic nitrogens is 4. The molecule has 0 spiro atoms. The number of benzene rings is 2. The lowest BCUT2D eigenvalue weighted by Crippen LogP contribution is -2.09. The van der Waals surface area contributed by atoms with Gasteiger partial charge in [-0.3, -0.25) is 4.79 Å². The maximum absolute atomic E-state index is 12.6. The first-order valence-corrected chi connectivity index (χ1v) is 11.4. The molecule has 0 aliphatic carbocycles. The van der Waals surface area contributed by atoms with E-state index >= 15 is 0 Å². The first kappa shape index (κ1) is 21.9. The molecule has 0 atom stereocenters. The molecular formula is C24H18ClN5O3S. The van der Waals surface area contributed by atoms with Crippen LogP contribution in [-0.4, -0.2) is 32.8 Å². The molecule has 0 saturated carbocycles. The number of nitrogens with one attached hydrogen (secondary N) is 1. The van der Waals surface area contributed by atoms with Gasteiger partial charge < -0.3 is 14.5 Å². The highest BCUT2D eigenvalue weighted by Gasteiger charge is 2.13. The normalized spacial score (nSPS) is 11.4. The van der Waals surface area contributed by atoms with Crippen molar-refractivity contribution in [1.82, 2.24) is 19.8 Å². The van der Waals surface area contributed by atoms with Gasteiger partial charge in [-0.05, 0) is 55.0 Å². The number of aryl methyl sites for hydroxylation is 1. The van der Waals surface area contributed by atoms with Gasteiger partial charge in [-0.1, -0.05) is 35.1 Å². The third-order valence-electron chi connectivity index (χ3n) is 5.07. The molecule has 1 N–H and O–H groups in total. The van der Waals surface area contributed by atoms with Gasteiger partial charge in [-0.15, -0.1) is 10.2 Å². The Kier molecular flexibility index (Phi) is 5.87.